The predicted molar refractivity (Wildman–Crippen MR) is 97.7 cm³/mol. The molecule has 1 aromatic carbocycles. The summed E-state index contributed by atoms with van der Waals surface area (Å²) < 4.78 is 18.2. The van der Waals surface area contributed by atoms with Crippen LogP contribution in [0.5, 0.6) is 0 Å². The van der Waals surface area contributed by atoms with Crippen LogP contribution in [0.1, 0.15) is 45.9 Å². The van der Waals surface area contributed by atoms with Gasteiger partial charge in [-0.05, 0) is 49.9 Å². The van der Waals surface area contributed by atoms with Crippen LogP contribution in [0.25, 0.3) is 11.4 Å². The average Bonchev–Trinajstić information content (AvgIpc) is 3.03. The van der Waals surface area contributed by atoms with Gasteiger partial charge in [-0.3, -0.25) is 4.79 Å². The zero-order chi connectivity index (χ0) is 19.2. The van der Waals surface area contributed by atoms with Gasteiger partial charge in [0, 0.05) is 30.5 Å². The van der Waals surface area contributed by atoms with Gasteiger partial charge in [-0.1, -0.05) is 19.0 Å². The molecule has 0 spiro atoms. The molecule has 26 heavy (non-hydrogen) atoms. The number of halogens is 1. The van der Waals surface area contributed by atoms with Crippen LogP contribution in [0.15, 0.2) is 28.8 Å². The molecule has 0 aliphatic carbocycles. The van der Waals surface area contributed by atoms with E-state index in [0.717, 1.165) is 6.42 Å². The second-order valence-electron chi connectivity index (χ2n) is 7.28. The van der Waals surface area contributed by atoms with Crippen molar-refractivity contribution in [2.45, 2.75) is 52.0 Å². The molecule has 0 aliphatic rings. The highest BCUT2D eigenvalue weighted by Crippen LogP contribution is 2.18. The third-order valence-corrected chi connectivity index (χ3v) is 4.12. The van der Waals surface area contributed by atoms with Crippen LogP contribution in [-0.4, -0.2) is 28.1 Å². The van der Waals surface area contributed by atoms with Crippen molar-refractivity contribution in [3.63, 3.8) is 0 Å². The summed E-state index contributed by atoms with van der Waals surface area (Å²) in [5.41, 5.74) is 6.12. The van der Waals surface area contributed by atoms with Crippen molar-refractivity contribution < 1.29 is 13.7 Å². The Balaban J connectivity index is 1.82. The van der Waals surface area contributed by atoms with E-state index in [-0.39, 0.29) is 17.3 Å². The number of hydrogen-bond donors (Lipinski definition) is 2. The minimum absolute atomic E-state index is 0.0307. The summed E-state index contributed by atoms with van der Waals surface area (Å²) in [4.78, 5) is 16.5. The molecule has 3 N–H and O–H groups in total. The topological polar surface area (TPSA) is 94.0 Å². The van der Waals surface area contributed by atoms with Crippen molar-refractivity contribution in [3.05, 3.63) is 36.0 Å². The van der Waals surface area contributed by atoms with E-state index in [0.29, 0.717) is 49.0 Å². The maximum absolute atomic E-state index is 13.0. The Morgan fingerprint density at radius 3 is 2.65 bits per heavy atom. The quantitative estimate of drug-likeness (QED) is 0.715. The predicted octanol–water partition coefficient (Wildman–Crippen LogP) is 3.08. The van der Waals surface area contributed by atoms with Crippen molar-refractivity contribution in [3.8, 4) is 11.4 Å². The van der Waals surface area contributed by atoms with Crippen molar-refractivity contribution in [2.24, 2.45) is 11.7 Å². The number of nitrogens with one attached hydrogen (secondary N) is 1. The number of carbonyl (C=O) groups is 1. The van der Waals surface area contributed by atoms with E-state index in [9.17, 15) is 9.18 Å². The molecule has 1 amide bonds. The van der Waals surface area contributed by atoms with E-state index in [1.54, 1.807) is 12.1 Å². The van der Waals surface area contributed by atoms with Gasteiger partial charge in [0.15, 0.2) is 0 Å². The molecule has 2 aromatic rings. The Kier molecular flexibility index (Phi) is 6.85. The summed E-state index contributed by atoms with van der Waals surface area (Å²) >= 11 is 0. The Morgan fingerprint density at radius 2 is 2.04 bits per heavy atom. The number of nitrogens with zero attached hydrogens (tertiary/aromatic N) is 2. The zero-order valence-electron chi connectivity index (χ0n) is 15.6. The third kappa shape index (κ3) is 5.91. The van der Waals surface area contributed by atoms with Crippen molar-refractivity contribution in [1.82, 2.24) is 15.5 Å². The highest BCUT2D eigenvalue weighted by molar-refractivity contribution is 5.76. The van der Waals surface area contributed by atoms with Crippen LogP contribution in [0.2, 0.25) is 0 Å². The van der Waals surface area contributed by atoms with E-state index < -0.39 is 0 Å². The summed E-state index contributed by atoms with van der Waals surface area (Å²) in [7, 11) is 0. The molecule has 0 saturated carbocycles. The van der Waals surface area contributed by atoms with Crippen LogP contribution in [0, 0.1) is 11.7 Å². The molecule has 0 aliphatic heterocycles. The Bertz CT molecular complexity index is 715. The maximum Gasteiger partial charge on any atom is 0.226 e. The number of rotatable bonds is 9. The monoisotopic (exact) mass is 362 g/mol. The summed E-state index contributed by atoms with van der Waals surface area (Å²) in [5.74, 6) is 0.979. The van der Waals surface area contributed by atoms with Gasteiger partial charge >= 0.3 is 0 Å². The molecule has 1 unspecified atom stereocenters. The van der Waals surface area contributed by atoms with E-state index >= 15 is 0 Å². The Hall–Kier alpha value is -2.28. The lowest BCUT2D eigenvalue weighted by molar-refractivity contribution is -0.123. The standard InChI is InChI=1S/C19H27FN4O2/c1-13(2)11-19(3,12-21)23-16(25)5-4-6-17-22-18(24-26-17)14-7-9-15(20)10-8-14/h7-10,13H,4-6,11-12,21H2,1-3H3,(H,23,25). The molecule has 0 radical (unpaired) electrons. The minimum Gasteiger partial charge on any atom is -0.350 e. The lowest BCUT2D eigenvalue weighted by Gasteiger charge is -2.31. The fraction of sp³-hybridized carbons (Fsp3) is 0.526. The molecule has 1 aromatic heterocycles. The Morgan fingerprint density at radius 1 is 1.35 bits per heavy atom. The number of hydrogen-bond acceptors (Lipinski definition) is 5. The van der Waals surface area contributed by atoms with Crippen molar-refractivity contribution in [2.75, 3.05) is 6.54 Å². The first-order chi connectivity index (χ1) is 12.3. The maximum atomic E-state index is 13.0. The minimum atomic E-state index is -0.383. The van der Waals surface area contributed by atoms with Crippen LogP contribution in [0.4, 0.5) is 4.39 Å². The molecule has 1 heterocycles. The average molecular weight is 362 g/mol. The summed E-state index contributed by atoms with van der Waals surface area (Å²) in [6.45, 7) is 6.59. The number of amides is 1. The molecule has 2 rings (SSSR count). The van der Waals surface area contributed by atoms with Gasteiger partial charge < -0.3 is 15.6 Å². The first-order valence-electron chi connectivity index (χ1n) is 8.91. The van der Waals surface area contributed by atoms with Gasteiger partial charge in [0.1, 0.15) is 5.82 Å². The zero-order valence-corrected chi connectivity index (χ0v) is 15.6. The molecule has 0 fully saturated rings. The van der Waals surface area contributed by atoms with Gasteiger partial charge in [-0.2, -0.15) is 4.98 Å². The first-order valence-corrected chi connectivity index (χ1v) is 8.91. The Labute approximate surface area is 153 Å². The lowest BCUT2D eigenvalue weighted by atomic mass is 9.90. The molecular formula is C19H27FN4O2. The summed E-state index contributed by atoms with van der Waals surface area (Å²) in [6, 6.07) is 5.89. The fourth-order valence-corrected chi connectivity index (χ4v) is 2.96. The summed E-state index contributed by atoms with van der Waals surface area (Å²) in [5, 5.41) is 6.92. The highest BCUT2D eigenvalue weighted by Gasteiger charge is 2.25. The van der Waals surface area contributed by atoms with Gasteiger partial charge in [0.25, 0.3) is 0 Å². The second-order valence-corrected chi connectivity index (χ2v) is 7.28. The number of aryl methyl sites for hydroxylation is 1. The normalized spacial score (nSPS) is 13.6. The van der Waals surface area contributed by atoms with E-state index in [1.807, 2.05) is 6.92 Å². The SMILES string of the molecule is CC(C)CC(C)(CN)NC(=O)CCCc1nc(-c2ccc(F)cc2)no1. The smallest absolute Gasteiger partial charge is 0.226 e. The fourth-order valence-electron chi connectivity index (χ4n) is 2.96. The molecule has 0 bridgehead atoms. The van der Waals surface area contributed by atoms with Crippen molar-refractivity contribution >= 4 is 5.91 Å². The number of aromatic nitrogens is 2. The van der Waals surface area contributed by atoms with Crippen LogP contribution in [-0.2, 0) is 11.2 Å². The molecule has 6 nitrogen and oxygen atoms in total. The number of carbonyl (C=O) groups excluding carboxylic acids is 1. The molecule has 7 heteroatoms. The van der Waals surface area contributed by atoms with E-state index in [1.165, 1.54) is 12.1 Å². The van der Waals surface area contributed by atoms with Gasteiger partial charge in [0.2, 0.25) is 17.6 Å². The largest absolute Gasteiger partial charge is 0.350 e. The number of benzene rings is 1. The van der Waals surface area contributed by atoms with Gasteiger partial charge in [-0.15, -0.1) is 0 Å². The molecule has 1 atom stereocenters. The molecule has 0 saturated heterocycles. The first kappa shape index (κ1) is 20.0. The highest BCUT2D eigenvalue weighted by atomic mass is 19.1. The van der Waals surface area contributed by atoms with Gasteiger partial charge in [-0.25, -0.2) is 4.39 Å². The van der Waals surface area contributed by atoms with E-state index in [4.69, 9.17) is 10.3 Å². The van der Waals surface area contributed by atoms with Crippen LogP contribution >= 0.6 is 0 Å². The van der Waals surface area contributed by atoms with Crippen molar-refractivity contribution in [1.29, 1.82) is 0 Å². The second kappa shape index (κ2) is 8.89. The van der Waals surface area contributed by atoms with Crippen LogP contribution in [0.3, 0.4) is 0 Å². The lowest BCUT2D eigenvalue weighted by Crippen LogP contribution is -2.52. The molecular weight excluding hydrogens is 335 g/mol. The third-order valence-electron chi connectivity index (χ3n) is 4.12. The summed E-state index contributed by atoms with van der Waals surface area (Å²) in [6.07, 6.45) is 2.30. The number of nitrogens with two attached hydrogens (primary N) is 1. The van der Waals surface area contributed by atoms with E-state index in [2.05, 4.69) is 29.3 Å². The van der Waals surface area contributed by atoms with Crippen LogP contribution < -0.4 is 11.1 Å². The van der Waals surface area contributed by atoms with Gasteiger partial charge in [0.05, 0.1) is 0 Å². The molecule has 142 valence electrons.